The zero-order chi connectivity index (χ0) is 37.3. The summed E-state index contributed by atoms with van der Waals surface area (Å²) in [6, 6.07) is 8.37. The Kier molecular flexibility index (Phi) is 11.1. The topological polar surface area (TPSA) is 160 Å². The van der Waals surface area contributed by atoms with Crippen LogP contribution in [0, 0.1) is 23.0 Å². The average Bonchev–Trinajstić information content (AvgIpc) is 3.77. The van der Waals surface area contributed by atoms with Gasteiger partial charge in [-0.25, -0.2) is 18.2 Å². The Labute approximate surface area is 307 Å². The summed E-state index contributed by atoms with van der Waals surface area (Å²) in [7, 11) is 1.38. The molecule has 274 valence electrons. The highest BCUT2D eigenvalue weighted by Crippen LogP contribution is 2.51. The Morgan fingerprint density at radius 1 is 1.21 bits per heavy atom. The number of rotatable bonds is 4. The minimum absolute atomic E-state index is 0.0341. The number of aliphatic hydroxyl groups is 1. The molecule has 3 aliphatic heterocycles. The number of ether oxygens (including phenoxy) is 2. The summed E-state index contributed by atoms with van der Waals surface area (Å²) in [5.74, 6) is -0.570. The van der Waals surface area contributed by atoms with E-state index < -0.39 is 17.8 Å². The van der Waals surface area contributed by atoms with Gasteiger partial charge < -0.3 is 30.9 Å². The first-order valence-electron chi connectivity index (χ1n) is 16.8. The van der Waals surface area contributed by atoms with Crippen molar-refractivity contribution in [1.29, 1.82) is 5.26 Å². The van der Waals surface area contributed by atoms with Gasteiger partial charge in [0.05, 0.1) is 40.4 Å². The van der Waals surface area contributed by atoms with Crippen LogP contribution >= 0.6 is 22.9 Å². The molecule has 16 heteroatoms. The Hall–Kier alpha value is -4.62. The van der Waals surface area contributed by atoms with Crippen molar-refractivity contribution in [2.24, 2.45) is 0 Å². The summed E-state index contributed by atoms with van der Waals surface area (Å²) in [5.41, 5.74) is 12.9. The van der Waals surface area contributed by atoms with E-state index in [1.54, 1.807) is 19.2 Å². The molecule has 0 spiro atoms. The summed E-state index contributed by atoms with van der Waals surface area (Å²) in [6.07, 6.45) is 4.41. The number of aromatic nitrogens is 3. The SMILES string of the molecule is CCO.COc1nc2c3c(c(Cl)c(-c4ccc(F)c5sc(N)c(C#N)c45)c(F)c3n1)OCCN2[C@H](C)c1cccnc1N.FC1CC2CCCN2C1. The third kappa shape index (κ3) is 6.71. The molecule has 0 amide bonds. The van der Waals surface area contributed by atoms with Gasteiger partial charge in [-0.15, -0.1) is 11.3 Å². The van der Waals surface area contributed by atoms with Crippen LogP contribution < -0.4 is 25.8 Å². The van der Waals surface area contributed by atoms with Gasteiger partial charge >= 0.3 is 6.01 Å². The monoisotopic (exact) mass is 754 g/mol. The van der Waals surface area contributed by atoms with Crippen molar-refractivity contribution in [3.05, 3.63) is 58.2 Å². The molecule has 5 N–H and O–H groups in total. The molecule has 0 radical (unpaired) electrons. The van der Waals surface area contributed by atoms with E-state index in [2.05, 4.69) is 19.9 Å². The molecule has 0 saturated carbocycles. The molecule has 0 bridgehead atoms. The molecule has 2 unspecified atom stereocenters. The van der Waals surface area contributed by atoms with Gasteiger partial charge in [0.25, 0.3) is 0 Å². The number of pyridine rings is 1. The lowest BCUT2D eigenvalue weighted by atomic mass is 9.96. The van der Waals surface area contributed by atoms with Crippen LogP contribution in [0.1, 0.15) is 50.3 Å². The minimum atomic E-state index is -0.814. The molecule has 2 aromatic carbocycles. The molecule has 6 heterocycles. The maximum atomic E-state index is 16.6. The van der Waals surface area contributed by atoms with Crippen molar-refractivity contribution in [3.8, 4) is 29.0 Å². The number of hydrogen-bond acceptors (Lipinski definition) is 12. The van der Waals surface area contributed by atoms with Crippen LogP contribution in [0.4, 0.5) is 29.8 Å². The molecular weight excluding hydrogens is 717 g/mol. The first kappa shape index (κ1) is 37.1. The van der Waals surface area contributed by atoms with Crippen molar-refractivity contribution in [1.82, 2.24) is 19.9 Å². The van der Waals surface area contributed by atoms with Gasteiger partial charge in [-0.05, 0) is 57.4 Å². The number of aliphatic hydroxyl groups excluding tert-OH is 1. The normalized spacial score (nSPS) is 18.4. The number of alkyl halides is 1. The lowest BCUT2D eigenvalue weighted by Crippen LogP contribution is -2.31. The molecule has 11 nitrogen and oxygen atoms in total. The molecule has 0 aliphatic carbocycles. The minimum Gasteiger partial charge on any atom is -0.489 e. The third-order valence-electron chi connectivity index (χ3n) is 9.42. The lowest BCUT2D eigenvalue weighted by molar-refractivity contribution is 0.292. The maximum absolute atomic E-state index is 16.6. The number of benzene rings is 2. The van der Waals surface area contributed by atoms with Crippen LogP contribution in [0.15, 0.2) is 30.5 Å². The van der Waals surface area contributed by atoms with Gasteiger partial charge in [0, 0.05) is 41.9 Å². The van der Waals surface area contributed by atoms with Crippen LogP contribution in [0.3, 0.4) is 0 Å². The predicted octanol–water partition coefficient (Wildman–Crippen LogP) is 7.03. The number of halogens is 4. The molecule has 2 fully saturated rings. The summed E-state index contributed by atoms with van der Waals surface area (Å²) in [4.78, 5) is 17.3. The van der Waals surface area contributed by atoms with Crippen molar-refractivity contribution in [3.63, 3.8) is 0 Å². The predicted molar refractivity (Wildman–Crippen MR) is 198 cm³/mol. The van der Waals surface area contributed by atoms with Crippen molar-refractivity contribution < 1.29 is 27.8 Å². The summed E-state index contributed by atoms with van der Waals surface area (Å²) in [6.45, 7) is 6.21. The smallest absolute Gasteiger partial charge is 0.318 e. The van der Waals surface area contributed by atoms with Crippen LogP contribution in [-0.4, -0.2) is 77.1 Å². The Bertz CT molecular complexity index is 2150. The highest BCUT2D eigenvalue weighted by Gasteiger charge is 2.35. The molecule has 8 rings (SSSR count). The van der Waals surface area contributed by atoms with Gasteiger partial charge in [0.1, 0.15) is 46.8 Å². The third-order valence-corrected chi connectivity index (χ3v) is 10.8. The van der Waals surface area contributed by atoms with Crippen LogP contribution in [0.2, 0.25) is 5.02 Å². The van der Waals surface area contributed by atoms with Crippen LogP contribution in [0.5, 0.6) is 11.8 Å². The number of methoxy groups -OCH3 is 1. The molecule has 5 aromatic rings. The standard InChI is InChI=1S/C27H20ClF2N7O2S.C7H12FN.C2H6O/c1-11(12-4-3-7-34-24(12)32)37-8-9-39-22-18-21(35-27(38-2)36-26(18)37)20(30)17(19(22)28)13-5-6-15(29)23-16(13)14(10-31)25(33)40-23;8-6-4-7-2-1-3-9(7)5-6;1-2-3/h3-7,11H,8-9,33H2,1-2H3,(H2,32,34);6-7H,1-5H2;3H,2H2,1H3/t11-;;/m1../s1. The van der Waals surface area contributed by atoms with E-state index in [4.69, 9.17) is 37.6 Å². The second-order valence-corrected chi connectivity index (χ2v) is 13.9. The van der Waals surface area contributed by atoms with Crippen LogP contribution in [0.25, 0.3) is 32.1 Å². The molecule has 3 atom stereocenters. The van der Waals surface area contributed by atoms with Gasteiger partial charge in [-0.2, -0.15) is 15.2 Å². The Balaban J connectivity index is 0.000000328. The van der Waals surface area contributed by atoms with Crippen LogP contribution in [-0.2, 0) is 0 Å². The van der Waals surface area contributed by atoms with E-state index in [1.807, 2.05) is 24.0 Å². The highest BCUT2D eigenvalue weighted by atomic mass is 35.5. The zero-order valence-electron chi connectivity index (χ0n) is 28.8. The second kappa shape index (κ2) is 15.5. The Morgan fingerprint density at radius 2 is 1.98 bits per heavy atom. The first-order chi connectivity index (χ1) is 25.0. The summed E-state index contributed by atoms with van der Waals surface area (Å²) in [5, 5.41) is 17.8. The van der Waals surface area contributed by atoms with Crippen molar-refractivity contribution in [2.45, 2.75) is 51.4 Å². The molecular formula is C36H38ClF3N8O3S. The maximum Gasteiger partial charge on any atom is 0.318 e. The van der Waals surface area contributed by atoms with E-state index in [1.165, 1.54) is 32.1 Å². The number of fused-ring (bicyclic) bond motifs is 2. The largest absolute Gasteiger partial charge is 0.489 e. The lowest BCUT2D eigenvalue weighted by Gasteiger charge is -2.30. The summed E-state index contributed by atoms with van der Waals surface area (Å²) >= 11 is 7.79. The number of nitriles is 1. The fourth-order valence-corrected chi connectivity index (χ4v) is 8.40. The average molecular weight is 755 g/mol. The number of nitrogens with two attached hydrogens (primary N) is 2. The summed E-state index contributed by atoms with van der Waals surface area (Å²) < 4.78 is 55.6. The Morgan fingerprint density at radius 3 is 2.67 bits per heavy atom. The molecule has 52 heavy (non-hydrogen) atoms. The number of thiophene rings is 1. The quantitative estimate of drug-likeness (QED) is 0.173. The van der Waals surface area contributed by atoms with Crippen molar-refractivity contribution in [2.75, 3.05) is 56.3 Å². The van der Waals surface area contributed by atoms with E-state index in [0.717, 1.165) is 29.9 Å². The van der Waals surface area contributed by atoms with Gasteiger partial charge in [0.15, 0.2) is 11.6 Å². The van der Waals surface area contributed by atoms with E-state index in [9.17, 15) is 14.0 Å². The first-order valence-corrected chi connectivity index (χ1v) is 18.0. The zero-order valence-corrected chi connectivity index (χ0v) is 30.4. The van der Waals surface area contributed by atoms with Crippen molar-refractivity contribution >= 4 is 60.6 Å². The fraction of sp³-hybridized carbons (Fsp3) is 0.389. The fourth-order valence-electron chi connectivity index (χ4n) is 7.12. The number of hydrogen-bond donors (Lipinski definition) is 3. The highest BCUT2D eigenvalue weighted by molar-refractivity contribution is 7.23. The van der Waals surface area contributed by atoms with Gasteiger partial charge in [0.2, 0.25) is 0 Å². The number of nitrogen functional groups attached to an aromatic ring is 2. The number of anilines is 3. The van der Waals surface area contributed by atoms with E-state index in [0.29, 0.717) is 30.8 Å². The van der Waals surface area contributed by atoms with E-state index in [-0.39, 0.29) is 78.7 Å². The second-order valence-electron chi connectivity index (χ2n) is 12.5. The molecule has 2 saturated heterocycles. The van der Waals surface area contributed by atoms with Gasteiger partial charge in [-0.1, -0.05) is 23.7 Å². The molecule has 3 aliphatic rings. The molecule has 3 aromatic heterocycles. The van der Waals surface area contributed by atoms with Gasteiger partial charge in [-0.3, -0.25) is 4.90 Å². The number of nitrogens with zero attached hydrogens (tertiary/aromatic N) is 6. The van der Waals surface area contributed by atoms with E-state index >= 15 is 4.39 Å².